The summed E-state index contributed by atoms with van der Waals surface area (Å²) in [4.78, 5) is 0.00598. The molecule has 2 rings (SSSR count). The normalized spacial score (nSPS) is 11.3. The molecule has 0 radical (unpaired) electrons. The van der Waals surface area contributed by atoms with Gasteiger partial charge in [-0.3, -0.25) is 0 Å². The summed E-state index contributed by atoms with van der Waals surface area (Å²) in [6.07, 6.45) is 0.849. The second kappa shape index (κ2) is 8.37. The minimum atomic E-state index is -3.74. The Morgan fingerprint density at radius 2 is 1.88 bits per heavy atom. The standard InChI is InChI=1S/C17H20ClNO4S/c1-3-13-6-4-5-7-15(13)23-11-10-19-24(20,21)17-12-14(18)8-9-16(17)22-2/h4-9,12,19H,3,10-11H2,1-2H3. The average Bonchev–Trinajstić information content (AvgIpc) is 2.59. The monoisotopic (exact) mass is 369 g/mol. The van der Waals surface area contributed by atoms with Crippen LogP contribution in [0.1, 0.15) is 12.5 Å². The Balaban J connectivity index is 2.00. The molecule has 0 aromatic heterocycles. The number of benzene rings is 2. The van der Waals surface area contributed by atoms with Gasteiger partial charge in [-0.05, 0) is 36.2 Å². The quantitative estimate of drug-likeness (QED) is 0.725. The lowest BCUT2D eigenvalue weighted by atomic mass is 10.1. The molecule has 0 aliphatic carbocycles. The molecule has 0 fully saturated rings. The van der Waals surface area contributed by atoms with E-state index in [1.165, 1.54) is 19.2 Å². The molecule has 7 heteroatoms. The number of para-hydroxylation sites is 1. The van der Waals surface area contributed by atoms with Crippen molar-refractivity contribution in [1.82, 2.24) is 4.72 Å². The Hall–Kier alpha value is -1.76. The summed E-state index contributed by atoms with van der Waals surface area (Å²) in [5.41, 5.74) is 1.08. The maximum Gasteiger partial charge on any atom is 0.244 e. The Morgan fingerprint density at radius 3 is 2.58 bits per heavy atom. The van der Waals surface area contributed by atoms with E-state index in [0.717, 1.165) is 17.7 Å². The number of hydrogen-bond donors (Lipinski definition) is 1. The van der Waals surface area contributed by atoms with E-state index in [1.54, 1.807) is 6.07 Å². The fourth-order valence-corrected chi connectivity index (χ4v) is 3.65. The average molecular weight is 370 g/mol. The van der Waals surface area contributed by atoms with Crippen molar-refractivity contribution in [1.29, 1.82) is 0 Å². The summed E-state index contributed by atoms with van der Waals surface area (Å²) in [7, 11) is -2.33. The Labute approximate surface area is 147 Å². The first-order valence-electron chi connectivity index (χ1n) is 7.52. The van der Waals surface area contributed by atoms with E-state index in [9.17, 15) is 8.42 Å². The van der Waals surface area contributed by atoms with E-state index in [1.807, 2.05) is 31.2 Å². The molecule has 0 heterocycles. The highest BCUT2D eigenvalue weighted by Crippen LogP contribution is 2.26. The van der Waals surface area contributed by atoms with Crippen LogP contribution in [-0.4, -0.2) is 28.7 Å². The molecule has 1 N–H and O–H groups in total. The third-order valence-corrected chi connectivity index (χ3v) is 5.14. The van der Waals surface area contributed by atoms with Crippen LogP contribution >= 0.6 is 11.6 Å². The van der Waals surface area contributed by atoms with E-state index < -0.39 is 10.0 Å². The minimum Gasteiger partial charge on any atom is -0.495 e. The van der Waals surface area contributed by atoms with Crippen LogP contribution in [0.5, 0.6) is 11.5 Å². The molecule has 2 aromatic carbocycles. The highest BCUT2D eigenvalue weighted by molar-refractivity contribution is 7.89. The molecular formula is C17H20ClNO4S. The third kappa shape index (κ3) is 4.63. The molecule has 0 saturated heterocycles. The number of ether oxygens (including phenoxy) is 2. The van der Waals surface area contributed by atoms with E-state index in [2.05, 4.69) is 4.72 Å². The summed E-state index contributed by atoms with van der Waals surface area (Å²) < 4.78 is 38.0. The number of hydrogen-bond acceptors (Lipinski definition) is 4. The number of halogens is 1. The largest absolute Gasteiger partial charge is 0.495 e. The van der Waals surface area contributed by atoms with Gasteiger partial charge in [0.05, 0.1) is 7.11 Å². The fraction of sp³-hybridized carbons (Fsp3) is 0.294. The lowest BCUT2D eigenvalue weighted by Gasteiger charge is -2.13. The highest BCUT2D eigenvalue weighted by atomic mass is 35.5. The SMILES string of the molecule is CCc1ccccc1OCCNS(=O)(=O)c1cc(Cl)ccc1OC. The number of rotatable bonds is 8. The Kier molecular flexibility index (Phi) is 6.48. The van der Waals surface area contributed by atoms with Gasteiger partial charge in [0.25, 0.3) is 0 Å². The van der Waals surface area contributed by atoms with Gasteiger partial charge in [0.2, 0.25) is 10.0 Å². The molecule has 5 nitrogen and oxygen atoms in total. The summed E-state index contributed by atoms with van der Waals surface area (Å²) in [5.74, 6) is 1.00. The van der Waals surface area contributed by atoms with Crippen molar-refractivity contribution in [3.05, 3.63) is 53.1 Å². The predicted molar refractivity (Wildman–Crippen MR) is 94.5 cm³/mol. The van der Waals surface area contributed by atoms with Gasteiger partial charge in [0, 0.05) is 11.6 Å². The maximum atomic E-state index is 12.4. The predicted octanol–water partition coefficient (Wildman–Crippen LogP) is 3.27. The zero-order valence-electron chi connectivity index (χ0n) is 13.6. The lowest BCUT2D eigenvalue weighted by molar-refractivity contribution is 0.319. The van der Waals surface area contributed by atoms with Gasteiger partial charge in [0.15, 0.2) is 0 Å². The molecule has 2 aromatic rings. The summed E-state index contributed by atoms with van der Waals surface area (Å²) in [5, 5.41) is 0.323. The van der Waals surface area contributed by atoms with Crippen molar-refractivity contribution in [3.63, 3.8) is 0 Å². The molecule has 0 saturated carbocycles. The van der Waals surface area contributed by atoms with Gasteiger partial charge in [0.1, 0.15) is 23.0 Å². The van der Waals surface area contributed by atoms with Gasteiger partial charge in [-0.15, -0.1) is 0 Å². The molecule has 0 spiro atoms. The molecule has 0 atom stereocenters. The van der Waals surface area contributed by atoms with Crippen molar-refractivity contribution in [2.45, 2.75) is 18.2 Å². The molecule has 0 unspecified atom stereocenters. The summed E-state index contributed by atoms with van der Waals surface area (Å²) >= 11 is 5.88. The first-order valence-corrected chi connectivity index (χ1v) is 9.38. The highest BCUT2D eigenvalue weighted by Gasteiger charge is 2.19. The van der Waals surface area contributed by atoms with Gasteiger partial charge in [-0.2, -0.15) is 0 Å². The van der Waals surface area contributed by atoms with E-state index in [-0.39, 0.29) is 23.8 Å². The Bertz CT molecular complexity index is 793. The molecular weight excluding hydrogens is 350 g/mol. The van der Waals surface area contributed by atoms with Crippen molar-refractivity contribution >= 4 is 21.6 Å². The van der Waals surface area contributed by atoms with E-state index >= 15 is 0 Å². The molecule has 0 amide bonds. The second-order valence-electron chi connectivity index (χ2n) is 5.00. The molecule has 130 valence electrons. The second-order valence-corrected chi connectivity index (χ2v) is 7.17. The first-order chi connectivity index (χ1) is 11.5. The van der Waals surface area contributed by atoms with Gasteiger partial charge in [-0.1, -0.05) is 36.7 Å². The number of aryl methyl sites for hydroxylation is 1. The topological polar surface area (TPSA) is 64.6 Å². The van der Waals surface area contributed by atoms with Gasteiger partial charge < -0.3 is 9.47 Å². The summed E-state index contributed by atoms with van der Waals surface area (Å²) in [6.45, 7) is 2.39. The fourth-order valence-electron chi connectivity index (χ4n) is 2.21. The zero-order chi connectivity index (χ0) is 17.6. The molecule has 0 bridgehead atoms. The van der Waals surface area contributed by atoms with Crippen molar-refractivity contribution in [2.75, 3.05) is 20.3 Å². The van der Waals surface area contributed by atoms with Crippen LogP contribution < -0.4 is 14.2 Å². The van der Waals surface area contributed by atoms with Gasteiger partial charge >= 0.3 is 0 Å². The number of sulfonamides is 1. The van der Waals surface area contributed by atoms with Crippen LogP contribution in [0.2, 0.25) is 5.02 Å². The van der Waals surface area contributed by atoms with Crippen LogP contribution in [0.15, 0.2) is 47.4 Å². The van der Waals surface area contributed by atoms with Crippen molar-refractivity contribution in [3.8, 4) is 11.5 Å². The zero-order valence-corrected chi connectivity index (χ0v) is 15.2. The third-order valence-electron chi connectivity index (χ3n) is 3.42. The minimum absolute atomic E-state index is 0.00598. The van der Waals surface area contributed by atoms with Crippen LogP contribution in [0.25, 0.3) is 0 Å². The first kappa shape index (κ1) is 18.6. The molecule has 0 aliphatic rings. The smallest absolute Gasteiger partial charge is 0.244 e. The number of methoxy groups -OCH3 is 1. The van der Waals surface area contributed by atoms with Crippen LogP contribution in [0.3, 0.4) is 0 Å². The Morgan fingerprint density at radius 1 is 1.12 bits per heavy atom. The van der Waals surface area contributed by atoms with E-state index in [0.29, 0.717) is 5.02 Å². The number of nitrogens with one attached hydrogen (secondary N) is 1. The molecule has 24 heavy (non-hydrogen) atoms. The van der Waals surface area contributed by atoms with Crippen LogP contribution in [0, 0.1) is 0 Å². The van der Waals surface area contributed by atoms with Crippen LogP contribution in [-0.2, 0) is 16.4 Å². The van der Waals surface area contributed by atoms with Crippen molar-refractivity contribution < 1.29 is 17.9 Å². The maximum absolute atomic E-state index is 12.4. The van der Waals surface area contributed by atoms with Gasteiger partial charge in [-0.25, -0.2) is 13.1 Å². The summed E-state index contributed by atoms with van der Waals surface area (Å²) in [6, 6.07) is 12.1. The molecule has 0 aliphatic heterocycles. The van der Waals surface area contributed by atoms with Crippen LogP contribution in [0.4, 0.5) is 0 Å². The van der Waals surface area contributed by atoms with E-state index in [4.69, 9.17) is 21.1 Å². The lowest BCUT2D eigenvalue weighted by Crippen LogP contribution is -2.28. The van der Waals surface area contributed by atoms with Crippen molar-refractivity contribution in [2.24, 2.45) is 0 Å².